The highest BCUT2D eigenvalue weighted by Crippen LogP contribution is 2.26. The van der Waals surface area contributed by atoms with Crippen LogP contribution in [0.5, 0.6) is 11.5 Å². The van der Waals surface area contributed by atoms with E-state index in [0.717, 1.165) is 22.3 Å². The molecule has 142 valence electrons. The zero-order valence-electron chi connectivity index (χ0n) is 16.0. The molecule has 0 bridgehead atoms. The Hall–Kier alpha value is -3.66. The van der Waals surface area contributed by atoms with Crippen LogP contribution in [0.4, 0.5) is 11.4 Å². The van der Waals surface area contributed by atoms with Gasteiger partial charge >= 0.3 is 0 Å². The number of hydrogen-bond donors (Lipinski definition) is 4. The second-order valence-corrected chi connectivity index (χ2v) is 6.39. The SMILES string of the molecule is CNc1ccc(/C=C/c2cccc(/C=C/c3ccc(NC)c(O)c3)c2)cc1O. The third-order valence-electron chi connectivity index (χ3n) is 4.43. The molecule has 0 saturated heterocycles. The molecule has 0 unspecified atom stereocenters. The van der Waals surface area contributed by atoms with Gasteiger partial charge in [-0.3, -0.25) is 0 Å². The molecule has 0 aliphatic carbocycles. The summed E-state index contributed by atoms with van der Waals surface area (Å²) >= 11 is 0. The number of rotatable bonds is 6. The van der Waals surface area contributed by atoms with E-state index in [2.05, 4.69) is 16.7 Å². The van der Waals surface area contributed by atoms with Gasteiger partial charge < -0.3 is 20.8 Å². The Bertz CT molecular complexity index is 944. The molecular weight excluding hydrogens is 348 g/mol. The molecule has 0 aliphatic heterocycles. The van der Waals surface area contributed by atoms with Crippen molar-refractivity contribution in [1.29, 1.82) is 0 Å². The number of benzene rings is 3. The van der Waals surface area contributed by atoms with Crippen LogP contribution in [0.2, 0.25) is 0 Å². The van der Waals surface area contributed by atoms with Gasteiger partial charge in [-0.2, -0.15) is 0 Å². The van der Waals surface area contributed by atoms with Crippen molar-refractivity contribution in [2.45, 2.75) is 0 Å². The third kappa shape index (κ3) is 4.74. The molecule has 3 aromatic rings. The molecule has 3 rings (SSSR count). The number of hydrogen-bond acceptors (Lipinski definition) is 4. The summed E-state index contributed by atoms with van der Waals surface area (Å²) in [6.45, 7) is 0. The second kappa shape index (κ2) is 8.82. The van der Waals surface area contributed by atoms with E-state index in [0.29, 0.717) is 11.4 Å². The molecule has 0 spiro atoms. The van der Waals surface area contributed by atoms with Gasteiger partial charge in [0.1, 0.15) is 11.5 Å². The van der Waals surface area contributed by atoms with Crippen molar-refractivity contribution in [2.75, 3.05) is 24.7 Å². The molecule has 0 aliphatic rings. The average Bonchev–Trinajstić information content (AvgIpc) is 2.71. The average molecular weight is 372 g/mol. The molecule has 4 heteroatoms. The van der Waals surface area contributed by atoms with Crippen LogP contribution < -0.4 is 10.6 Å². The maximum atomic E-state index is 9.94. The minimum Gasteiger partial charge on any atom is -0.506 e. The lowest BCUT2D eigenvalue weighted by molar-refractivity contribution is 0.477. The van der Waals surface area contributed by atoms with Crippen molar-refractivity contribution in [1.82, 2.24) is 0 Å². The minimum atomic E-state index is 0.230. The van der Waals surface area contributed by atoms with E-state index in [9.17, 15) is 10.2 Å². The highest BCUT2D eigenvalue weighted by molar-refractivity contribution is 5.76. The van der Waals surface area contributed by atoms with Crippen LogP contribution in [-0.2, 0) is 0 Å². The van der Waals surface area contributed by atoms with Crippen LogP contribution in [0.15, 0.2) is 60.7 Å². The van der Waals surface area contributed by atoms with Gasteiger partial charge in [0.25, 0.3) is 0 Å². The first-order chi connectivity index (χ1) is 13.6. The van der Waals surface area contributed by atoms with E-state index in [1.165, 1.54) is 0 Å². The van der Waals surface area contributed by atoms with E-state index in [4.69, 9.17) is 0 Å². The Labute approximate surface area is 165 Å². The number of anilines is 2. The Balaban J connectivity index is 1.75. The lowest BCUT2D eigenvalue weighted by atomic mass is 10.1. The zero-order valence-corrected chi connectivity index (χ0v) is 16.0. The fourth-order valence-electron chi connectivity index (χ4n) is 2.88. The van der Waals surface area contributed by atoms with Gasteiger partial charge in [-0.05, 0) is 52.6 Å². The minimum absolute atomic E-state index is 0.230. The smallest absolute Gasteiger partial charge is 0.139 e. The lowest BCUT2D eigenvalue weighted by Gasteiger charge is -2.04. The van der Waals surface area contributed by atoms with Gasteiger partial charge in [-0.15, -0.1) is 0 Å². The van der Waals surface area contributed by atoms with E-state index in [-0.39, 0.29) is 11.5 Å². The summed E-state index contributed by atoms with van der Waals surface area (Å²) in [4.78, 5) is 0. The van der Waals surface area contributed by atoms with Crippen LogP contribution in [0.25, 0.3) is 24.3 Å². The van der Waals surface area contributed by atoms with Crippen LogP contribution >= 0.6 is 0 Å². The van der Waals surface area contributed by atoms with Crippen molar-refractivity contribution >= 4 is 35.7 Å². The van der Waals surface area contributed by atoms with Crippen molar-refractivity contribution in [2.24, 2.45) is 0 Å². The molecule has 4 nitrogen and oxygen atoms in total. The van der Waals surface area contributed by atoms with Crippen LogP contribution in [0.1, 0.15) is 22.3 Å². The highest BCUT2D eigenvalue weighted by atomic mass is 16.3. The van der Waals surface area contributed by atoms with Crippen LogP contribution in [-0.4, -0.2) is 24.3 Å². The van der Waals surface area contributed by atoms with Gasteiger partial charge in [-0.1, -0.05) is 54.6 Å². The van der Waals surface area contributed by atoms with Crippen molar-refractivity contribution in [3.05, 3.63) is 82.9 Å². The number of aromatic hydroxyl groups is 2. The van der Waals surface area contributed by atoms with Crippen molar-refractivity contribution < 1.29 is 10.2 Å². The summed E-state index contributed by atoms with van der Waals surface area (Å²) in [5.41, 5.74) is 5.40. The molecule has 0 aromatic heterocycles. The summed E-state index contributed by atoms with van der Waals surface area (Å²) in [5.74, 6) is 0.461. The van der Waals surface area contributed by atoms with Crippen LogP contribution in [0, 0.1) is 0 Å². The van der Waals surface area contributed by atoms with Gasteiger partial charge in [0, 0.05) is 14.1 Å². The molecule has 3 aromatic carbocycles. The molecule has 0 amide bonds. The summed E-state index contributed by atoms with van der Waals surface area (Å²) in [6.07, 6.45) is 7.96. The molecule has 0 atom stereocenters. The number of nitrogens with one attached hydrogen (secondary N) is 2. The Morgan fingerprint density at radius 3 is 1.32 bits per heavy atom. The molecular formula is C24H24N2O2. The van der Waals surface area contributed by atoms with Gasteiger partial charge in [0.15, 0.2) is 0 Å². The summed E-state index contributed by atoms with van der Waals surface area (Å²) in [5, 5.41) is 25.8. The molecule has 0 saturated carbocycles. The first-order valence-electron chi connectivity index (χ1n) is 9.07. The Morgan fingerprint density at radius 1 is 0.571 bits per heavy atom. The predicted molar refractivity (Wildman–Crippen MR) is 120 cm³/mol. The van der Waals surface area contributed by atoms with Gasteiger partial charge in [-0.25, -0.2) is 0 Å². The summed E-state index contributed by atoms with van der Waals surface area (Å²) < 4.78 is 0. The fraction of sp³-hybridized carbons (Fsp3) is 0.0833. The van der Waals surface area contributed by atoms with E-state index in [1.807, 2.05) is 66.8 Å². The van der Waals surface area contributed by atoms with Gasteiger partial charge in [0.2, 0.25) is 0 Å². The molecule has 0 radical (unpaired) electrons. The second-order valence-electron chi connectivity index (χ2n) is 6.39. The van der Waals surface area contributed by atoms with Crippen molar-refractivity contribution in [3.63, 3.8) is 0 Å². The molecule has 28 heavy (non-hydrogen) atoms. The predicted octanol–water partition coefficient (Wildman–Crippen LogP) is 5.52. The molecule has 4 N–H and O–H groups in total. The van der Waals surface area contributed by atoms with E-state index >= 15 is 0 Å². The Kier molecular flexibility index (Phi) is 6.02. The first-order valence-corrected chi connectivity index (χ1v) is 9.07. The zero-order chi connectivity index (χ0) is 19.9. The molecule has 0 heterocycles. The Morgan fingerprint density at radius 2 is 0.964 bits per heavy atom. The summed E-state index contributed by atoms with van der Waals surface area (Å²) in [6, 6.07) is 19.2. The van der Waals surface area contributed by atoms with Crippen molar-refractivity contribution in [3.8, 4) is 11.5 Å². The maximum Gasteiger partial charge on any atom is 0.139 e. The quantitative estimate of drug-likeness (QED) is 0.340. The first kappa shape index (κ1) is 19.1. The third-order valence-corrected chi connectivity index (χ3v) is 4.43. The summed E-state index contributed by atoms with van der Waals surface area (Å²) in [7, 11) is 3.56. The van der Waals surface area contributed by atoms with Crippen LogP contribution in [0.3, 0.4) is 0 Å². The lowest BCUT2D eigenvalue weighted by Crippen LogP contribution is -1.88. The van der Waals surface area contributed by atoms with E-state index < -0.39 is 0 Å². The normalized spacial score (nSPS) is 11.2. The highest BCUT2D eigenvalue weighted by Gasteiger charge is 2.00. The monoisotopic (exact) mass is 372 g/mol. The largest absolute Gasteiger partial charge is 0.506 e. The van der Waals surface area contributed by atoms with Gasteiger partial charge in [0.05, 0.1) is 11.4 Å². The maximum absolute atomic E-state index is 9.94. The van der Waals surface area contributed by atoms with E-state index in [1.54, 1.807) is 26.2 Å². The fourth-order valence-corrected chi connectivity index (χ4v) is 2.88. The number of phenols is 2. The molecule has 0 fully saturated rings. The number of phenolic OH excluding ortho intramolecular Hbond substituents is 2. The standard InChI is InChI=1S/C24H24N2O2/c1-25-21-12-10-19(15-23(21)27)8-6-17-4-3-5-18(14-17)7-9-20-11-13-22(26-2)24(28)16-20/h3-16,25-28H,1-2H3/b8-6+,9-7+. The topological polar surface area (TPSA) is 64.5 Å².